The third-order valence-electron chi connectivity index (χ3n) is 4.15. The summed E-state index contributed by atoms with van der Waals surface area (Å²) in [5.41, 5.74) is 8.70. The van der Waals surface area contributed by atoms with Gasteiger partial charge in [-0.25, -0.2) is 0 Å². The zero-order valence-corrected chi connectivity index (χ0v) is 12.8. The molecular weight excluding hydrogens is 248 g/mol. The van der Waals surface area contributed by atoms with Crippen molar-refractivity contribution >= 4 is 5.91 Å². The van der Waals surface area contributed by atoms with Crippen molar-refractivity contribution in [1.82, 2.24) is 4.90 Å². The lowest BCUT2D eigenvalue weighted by Crippen LogP contribution is -2.34. The molecule has 0 bridgehead atoms. The molecule has 1 fully saturated rings. The second kappa shape index (κ2) is 6.40. The highest BCUT2D eigenvalue weighted by atomic mass is 16.2. The van der Waals surface area contributed by atoms with Crippen molar-refractivity contribution in [3.05, 3.63) is 35.4 Å². The molecule has 20 heavy (non-hydrogen) atoms. The Morgan fingerprint density at radius 2 is 1.95 bits per heavy atom. The molecule has 1 amide bonds. The Kier molecular flexibility index (Phi) is 4.81. The number of likely N-dealkylation sites (tertiary alicyclic amines) is 1. The Morgan fingerprint density at radius 3 is 2.50 bits per heavy atom. The maximum absolute atomic E-state index is 12.1. The molecule has 2 atom stereocenters. The van der Waals surface area contributed by atoms with E-state index < -0.39 is 0 Å². The van der Waals surface area contributed by atoms with Gasteiger partial charge in [0.1, 0.15) is 0 Å². The van der Waals surface area contributed by atoms with Crippen molar-refractivity contribution in [2.45, 2.75) is 52.1 Å². The summed E-state index contributed by atoms with van der Waals surface area (Å²) in [4.78, 5) is 14.1. The number of nitrogens with zero attached hydrogens (tertiary/aromatic N) is 1. The molecular formula is C17H26N2O. The average molecular weight is 274 g/mol. The van der Waals surface area contributed by atoms with Gasteiger partial charge in [0.15, 0.2) is 0 Å². The lowest BCUT2D eigenvalue weighted by molar-refractivity contribution is -0.129. The summed E-state index contributed by atoms with van der Waals surface area (Å²) in [6.07, 6.45) is 2.54. The van der Waals surface area contributed by atoms with Gasteiger partial charge in [0.25, 0.3) is 0 Å². The van der Waals surface area contributed by atoms with E-state index in [1.807, 2.05) is 4.90 Å². The first-order valence-electron chi connectivity index (χ1n) is 7.66. The van der Waals surface area contributed by atoms with E-state index in [2.05, 4.69) is 45.0 Å². The van der Waals surface area contributed by atoms with Crippen molar-refractivity contribution < 1.29 is 4.79 Å². The van der Waals surface area contributed by atoms with E-state index in [-0.39, 0.29) is 18.0 Å². The number of hydrogen-bond acceptors (Lipinski definition) is 2. The number of rotatable bonds is 5. The topological polar surface area (TPSA) is 46.3 Å². The normalized spacial score (nSPS) is 22.9. The van der Waals surface area contributed by atoms with E-state index in [4.69, 9.17) is 5.73 Å². The highest BCUT2D eigenvalue weighted by molar-refractivity contribution is 5.80. The quantitative estimate of drug-likeness (QED) is 0.897. The molecule has 1 aromatic rings. The molecule has 110 valence electrons. The summed E-state index contributed by atoms with van der Waals surface area (Å²) < 4.78 is 0. The number of amides is 1. The minimum atomic E-state index is -0.0814. The molecule has 2 unspecified atom stereocenters. The molecule has 0 radical (unpaired) electrons. The largest absolute Gasteiger partial charge is 0.334 e. The van der Waals surface area contributed by atoms with Crippen LogP contribution in [0.15, 0.2) is 24.3 Å². The molecule has 1 heterocycles. The molecule has 3 nitrogen and oxygen atoms in total. The predicted molar refractivity (Wildman–Crippen MR) is 82.3 cm³/mol. The van der Waals surface area contributed by atoms with Crippen LogP contribution in [0, 0.1) is 5.92 Å². The molecule has 1 aromatic carbocycles. The van der Waals surface area contributed by atoms with Crippen LogP contribution in [0.3, 0.4) is 0 Å². The second-order valence-electron chi connectivity index (χ2n) is 6.18. The monoisotopic (exact) mass is 274 g/mol. The first-order valence-corrected chi connectivity index (χ1v) is 7.66. The number of hydrogen-bond donors (Lipinski definition) is 1. The first-order chi connectivity index (χ1) is 9.52. The van der Waals surface area contributed by atoms with Crippen molar-refractivity contribution in [3.63, 3.8) is 0 Å². The predicted octanol–water partition coefficient (Wildman–Crippen LogP) is 2.90. The van der Waals surface area contributed by atoms with Gasteiger partial charge in [0.05, 0.1) is 6.04 Å². The number of benzene rings is 1. The Labute approximate surface area is 122 Å². The Hall–Kier alpha value is -1.35. The lowest BCUT2D eigenvalue weighted by Gasteiger charge is -2.28. The maximum atomic E-state index is 12.1. The van der Waals surface area contributed by atoms with E-state index >= 15 is 0 Å². The fourth-order valence-corrected chi connectivity index (χ4v) is 2.86. The van der Waals surface area contributed by atoms with E-state index in [9.17, 15) is 4.79 Å². The summed E-state index contributed by atoms with van der Waals surface area (Å²) in [5.74, 6) is 0.797. The molecule has 2 rings (SSSR count). The maximum Gasteiger partial charge on any atom is 0.224 e. The van der Waals surface area contributed by atoms with Crippen LogP contribution in [-0.4, -0.2) is 23.4 Å². The highest BCUT2D eigenvalue weighted by Gasteiger charge is 2.38. The van der Waals surface area contributed by atoms with Crippen LogP contribution in [0.5, 0.6) is 0 Å². The van der Waals surface area contributed by atoms with Crippen LogP contribution in [0.1, 0.15) is 50.8 Å². The SMILES string of the molecule is CCc1ccc(C2C(N)CC(=O)N2CCC(C)C)cc1. The third kappa shape index (κ3) is 3.21. The van der Waals surface area contributed by atoms with Gasteiger partial charge in [-0.15, -0.1) is 0 Å². The van der Waals surface area contributed by atoms with Crippen molar-refractivity contribution in [2.75, 3.05) is 6.54 Å². The lowest BCUT2D eigenvalue weighted by atomic mass is 9.98. The summed E-state index contributed by atoms with van der Waals surface area (Å²) in [5, 5.41) is 0. The smallest absolute Gasteiger partial charge is 0.224 e. The van der Waals surface area contributed by atoms with Gasteiger partial charge >= 0.3 is 0 Å². The van der Waals surface area contributed by atoms with Crippen LogP contribution in [-0.2, 0) is 11.2 Å². The number of carbonyl (C=O) groups is 1. The first kappa shape index (κ1) is 15.0. The Balaban J connectivity index is 2.18. The van der Waals surface area contributed by atoms with Crippen molar-refractivity contribution in [1.29, 1.82) is 0 Å². The van der Waals surface area contributed by atoms with Gasteiger partial charge in [0, 0.05) is 19.0 Å². The molecule has 1 saturated heterocycles. The zero-order chi connectivity index (χ0) is 14.7. The fourth-order valence-electron chi connectivity index (χ4n) is 2.86. The molecule has 2 N–H and O–H groups in total. The van der Waals surface area contributed by atoms with Crippen molar-refractivity contribution in [2.24, 2.45) is 11.7 Å². The number of carbonyl (C=O) groups excluding carboxylic acids is 1. The third-order valence-corrected chi connectivity index (χ3v) is 4.15. The van der Waals surface area contributed by atoms with Gasteiger partial charge in [-0.2, -0.15) is 0 Å². The summed E-state index contributed by atoms with van der Waals surface area (Å²) >= 11 is 0. The summed E-state index contributed by atoms with van der Waals surface area (Å²) in [6, 6.07) is 8.51. The molecule has 3 heteroatoms. The van der Waals surface area contributed by atoms with Crippen molar-refractivity contribution in [3.8, 4) is 0 Å². The minimum Gasteiger partial charge on any atom is -0.334 e. The molecule has 0 spiro atoms. The van der Waals surface area contributed by atoms with Crippen LogP contribution in [0.4, 0.5) is 0 Å². The molecule has 0 saturated carbocycles. The second-order valence-corrected chi connectivity index (χ2v) is 6.18. The number of nitrogens with two attached hydrogens (primary N) is 1. The van der Waals surface area contributed by atoms with Crippen LogP contribution >= 0.6 is 0 Å². The van der Waals surface area contributed by atoms with Gasteiger partial charge in [-0.05, 0) is 29.9 Å². The van der Waals surface area contributed by atoms with E-state index in [1.165, 1.54) is 11.1 Å². The van der Waals surface area contributed by atoms with Gasteiger partial charge < -0.3 is 10.6 Å². The van der Waals surface area contributed by atoms with Crippen LogP contribution < -0.4 is 5.73 Å². The van der Waals surface area contributed by atoms with E-state index in [0.29, 0.717) is 12.3 Å². The summed E-state index contributed by atoms with van der Waals surface area (Å²) in [7, 11) is 0. The van der Waals surface area contributed by atoms with E-state index in [1.54, 1.807) is 0 Å². The Bertz CT molecular complexity index is 453. The fraction of sp³-hybridized carbons (Fsp3) is 0.588. The zero-order valence-electron chi connectivity index (χ0n) is 12.8. The molecule has 0 aromatic heterocycles. The van der Waals surface area contributed by atoms with Gasteiger partial charge in [-0.1, -0.05) is 45.0 Å². The molecule has 1 aliphatic rings. The van der Waals surface area contributed by atoms with Crippen LogP contribution in [0.2, 0.25) is 0 Å². The van der Waals surface area contributed by atoms with E-state index in [0.717, 1.165) is 19.4 Å². The Morgan fingerprint density at radius 1 is 1.30 bits per heavy atom. The average Bonchev–Trinajstić information content (AvgIpc) is 2.70. The van der Waals surface area contributed by atoms with Gasteiger partial charge in [0.2, 0.25) is 5.91 Å². The highest BCUT2D eigenvalue weighted by Crippen LogP contribution is 2.32. The standard InChI is InChI=1S/C17H26N2O/c1-4-13-5-7-14(8-6-13)17-15(18)11-16(20)19(17)10-9-12(2)3/h5-8,12,15,17H,4,9-11,18H2,1-3H3. The molecule has 1 aliphatic heterocycles. The van der Waals surface area contributed by atoms with Crippen LogP contribution in [0.25, 0.3) is 0 Å². The minimum absolute atomic E-state index is 0.0483. The molecule has 0 aliphatic carbocycles. The summed E-state index contributed by atoms with van der Waals surface area (Å²) in [6.45, 7) is 7.33. The van der Waals surface area contributed by atoms with Gasteiger partial charge in [-0.3, -0.25) is 4.79 Å². The number of aryl methyl sites for hydroxylation is 1.